The molecule has 84 valence electrons. The molecule has 1 aromatic rings. The molecular formula is C13H15NOSe. The molecule has 3 heteroatoms. The Bertz CT molecular complexity index is 392. The Kier molecular flexibility index (Phi) is 2.74. The molecular weight excluding hydrogens is 265 g/mol. The number of hydrogen-bond donors (Lipinski definition) is 1. The van der Waals surface area contributed by atoms with Gasteiger partial charge in [0, 0.05) is 0 Å². The Balaban J connectivity index is 1.70. The van der Waals surface area contributed by atoms with Crippen LogP contribution in [0.15, 0.2) is 30.3 Å². The zero-order chi connectivity index (χ0) is 11.0. The molecule has 1 heterocycles. The quantitative estimate of drug-likeness (QED) is 0.808. The van der Waals surface area contributed by atoms with Crippen molar-refractivity contribution in [2.75, 3.05) is 0 Å². The van der Waals surface area contributed by atoms with Gasteiger partial charge in [0.2, 0.25) is 0 Å². The van der Waals surface area contributed by atoms with Crippen molar-refractivity contribution >= 4 is 25.3 Å². The minimum atomic E-state index is 0.267. The van der Waals surface area contributed by atoms with Crippen LogP contribution in [0, 0.1) is 5.92 Å². The van der Waals surface area contributed by atoms with Crippen LogP contribution in [0.2, 0.25) is 4.82 Å². The van der Waals surface area contributed by atoms with Crippen LogP contribution >= 0.6 is 0 Å². The fraction of sp³-hybridized carbons (Fsp3) is 0.462. The van der Waals surface area contributed by atoms with Crippen LogP contribution in [-0.2, 0) is 4.79 Å². The maximum atomic E-state index is 11.4. The van der Waals surface area contributed by atoms with Crippen LogP contribution in [0.25, 0.3) is 0 Å². The van der Waals surface area contributed by atoms with Gasteiger partial charge < -0.3 is 0 Å². The molecule has 0 spiro atoms. The Morgan fingerprint density at radius 3 is 2.81 bits per heavy atom. The standard InChI is InChI=1S/C13H15NOSe/c15-12-8-9-6-7-11(13(9)14-12)16-10-4-2-1-3-5-10/h1-5,9,11,13H,6-8H2,(H,14,15). The second kappa shape index (κ2) is 4.23. The summed E-state index contributed by atoms with van der Waals surface area (Å²) in [6, 6.07) is 11.2. The summed E-state index contributed by atoms with van der Waals surface area (Å²) in [5.74, 6) is 0.895. The molecule has 3 unspecified atom stereocenters. The van der Waals surface area contributed by atoms with Gasteiger partial charge in [0.15, 0.2) is 0 Å². The van der Waals surface area contributed by atoms with Crippen LogP contribution in [0.4, 0.5) is 0 Å². The van der Waals surface area contributed by atoms with E-state index in [9.17, 15) is 4.79 Å². The number of carbonyl (C=O) groups is 1. The molecule has 1 saturated heterocycles. The summed E-state index contributed by atoms with van der Waals surface area (Å²) in [6.07, 6.45) is 3.30. The number of nitrogens with one attached hydrogen (secondary N) is 1. The topological polar surface area (TPSA) is 29.1 Å². The second-order valence-corrected chi connectivity index (χ2v) is 7.36. The van der Waals surface area contributed by atoms with Crippen molar-refractivity contribution in [1.82, 2.24) is 5.32 Å². The summed E-state index contributed by atoms with van der Waals surface area (Å²) in [5, 5.41) is 3.16. The van der Waals surface area contributed by atoms with Crippen LogP contribution in [0.5, 0.6) is 0 Å². The van der Waals surface area contributed by atoms with Gasteiger partial charge in [-0.1, -0.05) is 0 Å². The second-order valence-electron chi connectivity index (χ2n) is 4.60. The van der Waals surface area contributed by atoms with E-state index in [0.717, 1.165) is 6.42 Å². The summed E-state index contributed by atoms with van der Waals surface area (Å²) < 4.78 is 1.46. The van der Waals surface area contributed by atoms with Gasteiger partial charge in [-0.25, -0.2) is 0 Å². The first-order valence-electron chi connectivity index (χ1n) is 5.84. The summed E-state index contributed by atoms with van der Waals surface area (Å²) in [5.41, 5.74) is 0. The Morgan fingerprint density at radius 2 is 2.00 bits per heavy atom. The van der Waals surface area contributed by atoms with Gasteiger partial charge >= 0.3 is 102 Å². The van der Waals surface area contributed by atoms with Gasteiger partial charge in [-0.2, -0.15) is 0 Å². The molecule has 1 aromatic carbocycles. The number of fused-ring (bicyclic) bond motifs is 1. The van der Waals surface area contributed by atoms with Gasteiger partial charge in [0.1, 0.15) is 0 Å². The van der Waals surface area contributed by atoms with Crippen LogP contribution < -0.4 is 9.78 Å². The van der Waals surface area contributed by atoms with E-state index < -0.39 is 0 Å². The molecule has 1 saturated carbocycles. The van der Waals surface area contributed by atoms with E-state index in [2.05, 4.69) is 35.6 Å². The molecule has 16 heavy (non-hydrogen) atoms. The van der Waals surface area contributed by atoms with Crippen LogP contribution in [0.1, 0.15) is 19.3 Å². The average Bonchev–Trinajstić information content (AvgIpc) is 2.81. The fourth-order valence-electron chi connectivity index (χ4n) is 2.77. The number of hydrogen-bond acceptors (Lipinski definition) is 1. The molecule has 1 aliphatic carbocycles. The molecule has 2 fully saturated rings. The van der Waals surface area contributed by atoms with E-state index in [1.165, 1.54) is 17.3 Å². The molecule has 2 nitrogen and oxygen atoms in total. The molecule has 0 radical (unpaired) electrons. The van der Waals surface area contributed by atoms with E-state index in [4.69, 9.17) is 0 Å². The van der Waals surface area contributed by atoms with Crippen molar-refractivity contribution in [3.63, 3.8) is 0 Å². The van der Waals surface area contributed by atoms with Crippen LogP contribution in [0.3, 0.4) is 0 Å². The van der Waals surface area contributed by atoms with Crippen molar-refractivity contribution < 1.29 is 4.79 Å². The van der Waals surface area contributed by atoms with Gasteiger partial charge in [-0.15, -0.1) is 0 Å². The molecule has 1 amide bonds. The van der Waals surface area contributed by atoms with E-state index in [-0.39, 0.29) is 5.91 Å². The fourth-order valence-corrected chi connectivity index (χ4v) is 5.61. The predicted octanol–water partition coefficient (Wildman–Crippen LogP) is 1.10. The van der Waals surface area contributed by atoms with E-state index in [0.29, 0.717) is 31.7 Å². The number of rotatable bonds is 2. The zero-order valence-corrected chi connectivity index (χ0v) is 10.8. The van der Waals surface area contributed by atoms with Crippen molar-refractivity contribution in [2.24, 2.45) is 5.92 Å². The van der Waals surface area contributed by atoms with Gasteiger partial charge in [0.25, 0.3) is 0 Å². The molecule has 0 bridgehead atoms. The van der Waals surface area contributed by atoms with E-state index in [1.54, 1.807) is 0 Å². The molecule has 2 aliphatic rings. The van der Waals surface area contributed by atoms with Crippen LogP contribution in [-0.4, -0.2) is 26.9 Å². The Morgan fingerprint density at radius 1 is 1.19 bits per heavy atom. The van der Waals surface area contributed by atoms with E-state index in [1.807, 2.05) is 0 Å². The number of amides is 1. The first-order valence-corrected chi connectivity index (χ1v) is 7.68. The third-order valence-electron chi connectivity index (χ3n) is 3.54. The Hall–Kier alpha value is -0.791. The summed E-state index contributed by atoms with van der Waals surface area (Å²) in [7, 11) is 0. The van der Waals surface area contributed by atoms with Crippen molar-refractivity contribution in [1.29, 1.82) is 0 Å². The predicted molar refractivity (Wildman–Crippen MR) is 64.9 cm³/mol. The van der Waals surface area contributed by atoms with Crippen molar-refractivity contribution in [3.05, 3.63) is 30.3 Å². The minimum absolute atomic E-state index is 0.267. The zero-order valence-electron chi connectivity index (χ0n) is 9.06. The molecule has 1 N–H and O–H groups in total. The first kappa shape index (κ1) is 10.4. The molecule has 0 aromatic heterocycles. The molecule has 3 atom stereocenters. The Labute approximate surface area is 102 Å². The molecule has 3 rings (SSSR count). The van der Waals surface area contributed by atoms with Crippen molar-refractivity contribution in [3.8, 4) is 0 Å². The third kappa shape index (κ3) is 1.90. The van der Waals surface area contributed by atoms with Gasteiger partial charge in [-0.05, 0) is 0 Å². The SMILES string of the molecule is O=C1CC2CCC([Se]c3ccccc3)C2N1. The summed E-state index contributed by atoms with van der Waals surface area (Å²) in [4.78, 5) is 12.1. The summed E-state index contributed by atoms with van der Waals surface area (Å²) in [6.45, 7) is 0. The average molecular weight is 280 g/mol. The number of carbonyl (C=O) groups excluding carboxylic acids is 1. The normalized spacial score (nSPS) is 32.5. The van der Waals surface area contributed by atoms with Gasteiger partial charge in [-0.3, -0.25) is 0 Å². The third-order valence-corrected chi connectivity index (χ3v) is 6.42. The monoisotopic (exact) mass is 281 g/mol. The molecule has 1 aliphatic heterocycles. The summed E-state index contributed by atoms with van der Waals surface area (Å²) >= 11 is 0.512. The van der Waals surface area contributed by atoms with Crippen molar-refractivity contribution in [2.45, 2.75) is 30.1 Å². The number of benzene rings is 1. The van der Waals surface area contributed by atoms with E-state index >= 15 is 0 Å². The maximum absolute atomic E-state index is 11.4. The van der Waals surface area contributed by atoms with Gasteiger partial charge in [0.05, 0.1) is 0 Å². The first-order chi connectivity index (χ1) is 7.83.